The topological polar surface area (TPSA) is 86.7 Å². The Morgan fingerprint density at radius 3 is 2.69 bits per heavy atom. The Bertz CT molecular complexity index is 410. The van der Waals surface area contributed by atoms with Crippen LogP contribution in [0.15, 0.2) is 19.9 Å². The summed E-state index contributed by atoms with van der Waals surface area (Å²) in [5.41, 5.74) is 0. The Labute approximate surface area is 74.2 Å². The van der Waals surface area contributed by atoms with Gasteiger partial charge in [-0.25, -0.2) is 4.79 Å². The summed E-state index contributed by atoms with van der Waals surface area (Å²) in [4.78, 5) is 10.4. The fraction of sp³-hybridized carbons (Fsp3) is 0.500. The van der Waals surface area contributed by atoms with Crippen LogP contribution in [-0.4, -0.2) is 21.3 Å². The summed E-state index contributed by atoms with van der Waals surface area (Å²) in [6.07, 6.45) is 1.13. The molecule has 0 spiro atoms. The first-order chi connectivity index (χ1) is 6.03. The molecular formula is C6H8O6S. The number of rotatable bonds is 4. The summed E-state index contributed by atoms with van der Waals surface area (Å²) >= 11 is 0. The molecule has 0 aliphatic rings. The fourth-order valence-corrected chi connectivity index (χ4v) is 1.31. The highest BCUT2D eigenvalue weighted by Crippen LogP contribution is 2.00. The Kier molecular flexibility index (Phi) is 2.89. The third-order valence-corrected chi connectivity index (χ3v) is 2.57. The predicted molar refractivity (Wildman–Crippen MR) is 41.7 cm³/mol. The van der Waals surface area contributed by atoms with Crippen molar-refractivity contribution in [1.82, 2.24) is 0 Å². The van der Waals surface area contributed by atoms with Gasteiger partial charge in [-0.3, -0.25) is 4.18 Å². The van der Waals surface area contributed by atoms with Crippen molar-refractivity contribution in [2.45, 2.75) is 6.42 Å². The number of hydrogen-bond donors (Lipinski definition) is 0. The molecule has 0 N–H and O–H groups in total. The highest BCUT2D eigenvalue weighted by atomic mass is 32.2. The second-order valence-electron chi connectivity index (χ2n) is 2.23. The van der Waals surface area contributed by atoms with E-state index >= 15 is 0 Å². The van der Waals surface area contributed by atoms with E-state index in [0.29, 0.717) is 0 Å². The fourth-order valence-electron chi connectivity index (χ4n) is 0.688. The lowest BCUT2D eigenvalue weighted by Crippen LogP contribution is -2.09. The van der Waals surface area contributed by atoms with E-state index in [1.54, 1.807) is 0 Å². The van der Waals surface area contributed by atoms with Gasteiger partial charge in [0, 0.05) is 6.42 Å². The van der Waals surface area contributed by atoms with Crippen molar-refractivity contribution in [2.24, 2.45) is 0 Å². The van der Waals surface area contributed by atoms with Crippen LogP contribution in [0.25, 0.3) is 0 Å². The van der Waals surface area contributed by atoms with Gasteiger partial charge in [-0.1, -0.05) is 0 Å². The van der Waals surface area contributed by atoms with Crippen molar-refractivity contribution in [3.05, 3.63) is 22.6 Å². The van der Waals surface area contributed by atoms with Gasteiger partial charge in [0.25, 0.3) is 10.1 Å². The molecule has 0 saturated heterocycles. The molecule has 0 amide bonds. The molecule has 0 aliphatic carbocycles. The first-order valence-corrected chi connectivity index (χ1v) is 4.97. The van der Waals surface area contributed by atoms with Gasteiger partial charge in [-0.05, 0) is 0 Å². The normalized spacial score (nSPS) is 11.8. The van der Waals surface area contributed by atoms with Crippen LogP contribution in [0.4, 0.5) is 0 Å². The van der Waals surface area contributed by atoms with E-state index < -0.39 is 15.9 Å². The van der Waals surface area contributed by atoms with Crippen LogP contribution < -0.4 is 5.82 Å². The smallest absolute Gasteiger partial charge is 0.399 e. The molecule has 74 valence electrons. The second-order valence-corrected chi connectivity index (χ2v) is 4.09. The minimum Gasteiger partial charge on any atom is -0.399 e. The largest absolute Gasteiger partial charge is 0.518 e. The lowest BCUT2D eigenvalue weighted by molar-refractivity contribution is 0.372. The summed E-state index contributed by atoms with van der Waals surface area (Å²) < 4.78 is 34.6. The monoisotopic (exact) mass is 208 g/mol. The Morgan fingerprint density at radius 1 is 1.54 bits per heavy atom. The maximum absolute atomic E-state index is 10.8. The molecule has 13 heavy (non-hydrogen) atoms. The third-order valence-electron chi connectivity index (χ3n) is 1.35. The standard InChI is InChI=1S/C6H8O6S/c1-10-13(8,9)3-2-5-4-11-6(7)12-5/h4H,2-3H2,1H3. The minimum atomic E-state index is -3.51. The van der Waals surface area contributed by atoms with Crippen molar-refractivity contribution in [2.75, 3.05) is 12.9 Å². The summed E-state index contributed by atoms with van der Waals surface area (Å²) in [6, 6.07) is 0. The maximum atomic E-state index is 10.8. The van der Waals surface area contributed by atoms with E-state index in [1.165, 1.54) is 0 Å². The van der Waals surface area contributed by atoms with Crippen LogP contribution in [0.5, 0.6) is 0 Å². The van der Waals surface area contributed by atoms with E-state index in [9.17, 15) is 13.2 Å². The van der Waals surface area contributed by atoms with Crippen LogP contribution in [0, 0.1) is 0 Å². The van der Waals surface area contributed by atoms with Crippen molar-refractivity contribution in [3.63, 3.8) is 0 Å². The Morgan fingerprint density at radius 2 is 2.23 bits per heavy atom. The first kappa shape index (κ1) is 10.0. The van der Waals surface area contributed by atoms with E-state index in [-0.39, 0.29) is 17.9 Å². The second kappa shape index (κ2) is 3.75. The summed E-state index contributed by atoms with van der Waals surface area (Å²) in [5.74, 6) is -0.901. The SMILES string of the molecule is COS(=O)(=O)CCc1coc(=O)o1. The molecule has 0 aromatic carbocycles. The first-order valence-electron chi connectivity index (χ1n) is 3.39. The van der Waals surface area contributed by atoms with Gasteiger partial charge < -0.3 is 8.83 Å². The lowest BCUT2D eigenvalue weighted by atomic mass is 10.4. The molecule has 0 fully saturated rings. The van der Waals surface area contributed by atoms with E-state index in [1.807, 2.05) is 0 Å². The molecule has 1 aromatic rings. The van der Waals surface area contributed by atoms with Crippen LogP contribution in [0.3, 0.4) is 0 Å². The molecule has 1 heterocycles. The molecule has 0 aliphatic heterocycles. The number of aryl methyl sites for hydroxylation is 1. The molecule has 0 bridgehead atoms. The van der Waals surface area contributed by atoms with Crippen LogP contribution in [-0.2, 0) is 20.7 Å². The Hall–Kier alpha value is -1.08. The van der Waals surface area contributed by atoms with Crippen molar-refractivity contribution >= 4 is 10.1 Å². The Balaban J connectivity index is 2.58. The molecule has 1 rings (SSSR count). The maximum Gasteiger partial charge on any atom is 0.518 e. The van der Waals surface area contributed by atoms with Gasteiger partial charge in [0.1, 0.15) is 12.0 Å². The molecule has 1 aromatic heterocycles. The lowest BCUT2D eigenvalue weighted by Gasteiger charge is -1.96. The minimum absolute atomic E-state index is 0.0575. The van der Waals surface area contributed by atoms with Gasteiger partial charge in [0.05, 0.1) is 12.9 Å². The van der Waals surface area contributed by atoms with Crippen LogP contribution in [0.2, 0.25) is 0 Å². The zero-order valence-corrected chi connectivity index (χ0v) is 7.67. The van der Waals surface area contributed by atoms with Gasteiger partial charge in [-0.2, -0.15) is 8.42 Å². The van der Waals surface area contributed by atoms with Crippen molar-refractivity contribution in [1.29, 1.82) is 0 Å². The van der Waals surface area contributed by atoms with E-state index in [4.69, 9.17) is 0 Å². The molecule has 0 unspecified atom stereocenters. The summed E-state index contributed by atoms with van der Waals surface area (Å²) in [7, 11) is -2.44. The average Bonchev–Trinajstić information content (AvgIpc) is 2.48. The molecular weight excluding hydrogens is 200 g/mol. The highest BCUT2D eigenvalue weighted by Gasteiger charge is 2.11. The summed E-state index contributed by atoms with van der Waals surface area (Å²) in [6.45, 7) is 0. The van der Waals surface area contributed by atoms with Gasteiger partial charge in [-0.15, -0.1) is 0 Å². The molecule has 0 radical (unpaired) electrons. The molecule has 0 saturated carbocycles. The van der Waals surface area contributed by atoms with Crippen molar-refractivity contribution < 1.29 is 21.4 Å². The van der Waals surface area contributed by atoms with Crippen molar-refractivity contribution in [3.8, 4) is 0 Å². The van der Waals surface area contributed by atoms with Crippen LogP contribution >= 0.6 is 0 Å². The predicted octanol–water partition coefficient (Wildman–Crippen LogP) is -0.248. The van der Waals surface area contributed by atoms with E-state index in [0.717, 1.165) is 13.4 Å². The molecule has 7 heteroatoms. The van der Waals surface area contributed by atoms with Crippen LogP contribution in [0.1, 0.15) is 5.76 Å². The molecule has 0 atom stereocenters. The summed E-state index contributed by atoms with van der Waals surface area (Å²) in [5, 5.41) is 0. The zero-order valence-electron chi connectivity index (χ0n) is 6.85. The van der Waals surface area contributed by atoms with Gasteiger partial charge in [0.15, 0.2) is 0 Å². The van der Waals surface area contributed by atoms with Gasteiger partial charge >= 0.3 is 5.82 Å². The average molecular weight is 208 g/mol. The highest BCUT2D eigenvalue weighted by molar-refractivity contribution is 7.86. The quantitative estimate of drug-likeness (QED) is 0.634. The molecule has 6 nitrogen and oxygen atoms in total. The van der Waals surface area contributed by atoms with E-state index in [2.05, 4.69) is 13.0 Å². The zero-order chi connectivity index (χ0) is 9.90. The third kappa shape index (κ3) is 3.03. The van der Waals surface area contributed by atoms with Gasteiger partial charge in [0.2, 0.25) is 0 Å². The number of hydrogen-bond acceptors (Lipinski definition) is 6.